The summed E-state index contributed by atoms with van der Waals surface area (Å²) in [5.74, 6) is 0.813. The Kier molecular flexibility index (Phi) is 3.72. The molecule has 0 saturated carbocycles. The maximum absolute atomic E-state index is 5.54. The van der Waals surface area contributed by atoms with Gasteiger partial charge in [0.05, 0.1) is 5.69 Å². The van der Waals surface area contributed by atoms with Gasteiger partial charge in [-0.3, -0.25) is 0 Å². The fourth-order valence-corrected chi connectivity index (χ4v) is 2.03. The minimum Gasteiger partial charge on any atom is -0.330 e. The lowest BCUT2D eigenvalue weighted by atomic mass is 9.97. The standard InChI is InChI=1S/C15H19N3/c1-10-4-5-13(12(3)11(10)2)14-7-9-17-15(18-14)6-8-16/h4-5,7,9H,6,8,16H2,1-3H3. The van der Waals surface area contributed by atoms with Crippen LogP contribution in [0.4, 0.5) is 0 Å². The van der Waals surface area contributed by atoms with Crippen LogP contribution in [0.3, 0.4) is 0 Å². The van der Waals surface area contributed by atoms with Gasteiger partial charge in [-0.25, -0.2) is 9.97 Å². The molecule has 1 aromatic carbocycles. The first-order chi connectivity index (χ1) is 8.63. The van der Waals surface area contributed by atoms with Gasteiger partial charge in [0.2, 0.25) is 0 Å². The molecule has 2 aromatic rings. The van der Waals surface area contributed by atoms with Gasteiger partial charge in [-0.1, -0.05) is 12.1 Å². The highest BCUT2D eigenvalue weighted by atomic mass is 14.9. The van der Waals surface area contributed by atoms with Crippen LogP contribution < -0.4 is 5.73 Å². The smallest absolute Gasteiger partial charge is 0.130 e. The number of hydrogen-bond acceptors (Lipinski definition) is 3. The van der Waals surface area contributed by atoms with Crippen LogP contribution in [0, 0.1) is 20.8 Å². The van der Waals surface area contributed by atoms with Crippen molar-refractivity contribution in [1.29, 1.82) is 0 Å². The van der Waals surface area contributed by atoms with Gasteiger partial charge in [0.25, 0.3) is 0 Å². The summed E-state index contributed by atoms with van der Waals surface area (Å²) in [5.41, 5.74) is 11.6. The van der Waals surface area contributed by atoms with Gasteiger partial charge >= 0.3 is 0 Å². The molecule has 2 N–H and O–H groups in total. The molecule has 0 aliphatic carbocycles. The highest BCUT2D eigenvalue weighted by Gasteiger charge is 2.08. The fraction of sp³-hybridized carbons (Fsp3) is 0.333. The van der Waals surface area contributed by atoms with E-state index in [-0.39, 0.29) is 0 Å². The van der Waals surface area contributed by atoms with E-state index >= 15 is 0 Å². The predicted molar refractivity (Wildman–Crippen MR) is 74.4 cm³/mol. The summed E-state index contributed by atoms with van der Waals surface area (Å²) in [6, 6.07) is 6.23. The Morgan fingerprint density at radius 2 is 1.83 bits per heavy atom. The Morgan fingerprint density at radius 3 is 2.56 bits per heavy atom. The van der Waals surface area contributed by atoms with Crippen LogP contribution in [0.25, 0.3) is 11.3 Å². The van der Waals surface area contributed by atoms with E-state index in [0.29, 0.717) is 6.54 Å². The third kappa shape index (κ3) is 2.41. The highest BCUT2D eigenvalue weighted by Crippen LogP contribution is 2.25. The number of aromatic nitrogens is 2. The molecule has 2 rings (SSSR count). The summed E-state index contributed by atoms with van der Waals surface area (Å²) < 4.78 is 0. The Balaban J connectivity index is 2.48. The molecular weight excluding hydrogens is 222 g/mol. The van der Waals surface area contributed by atoms with Crippen LogP contribution in [-0.2, 0) is 6.42 Å². The molecule has 0 aliphatic rings. The Morgan fingerprint density at radius 1 is 1.06 bits per heavy atom. The summed E-state index contributed by atoms with van der Waals surface area (Å²) in [6.07, 6.45) is 2.53. The molecule has 0 spiro atoms. The number of rotatable bonds is 3. The van der Waals surface area contributed by atoms with Crippen molar-refractivity contribution in [1.82, 2.24) is 9.97 Å². The van der Waals surface area contributed by atoms with Crippen molar-refractivity contribution in [3.05, 3.63) is 46.9 Å². The van der Waals surface area contributed by atoms with E-state index in [1.165, 1.54) is 22.3 Å². The van der Waals surface area contributed by atoms with E-state index in [0.717, 1.165) is 17.9 Å². The zero-order valence-corrected chi connectivity index (χ0v) is 11.2. The number of benzene rings is 1. The first-order valence-electron chi connectivity index (χ1n) is 6.22. The second kappa shape index (κ2) is 5.27. The summed E-state index contributed by atoms with van der Waals surface area (Å²) in [7, 11) is 0. The topological polar surface area (TPSA) is 51.8 Å². The molecule has 0 radical (unpaired) electrons. The van der Waals surface area contributed by atoms with Crippen molar-refractivity contribution in [2.45, 2.75) is 27.2 Å². The predicted octanol–water partition coefficient (Wildman–Crippen LogP) is 2.57. The molecule has 0 bridgehead atoms. The first kappa shape index (κ1) is 12.7. The summed E-state index contributed by atoms with van der Waals surface area (Å²) in [6.45, 7) is 7.00. The molecule has 3 nitrogen and oxygen atoms in total. The molecule has 0 unspecified atom stereocenters. The third-order valence-corrected chi connectivity index (χ3v) is 3.41. The summed E-state index contributed by atoms with van der Waals surface area (Å²) in [4.78, 5) is 8.81. The first-order valence-corrected chi connectivity index (χ1v) is 6.22. The quantitative estimate of drug-likeness (QED) is 0.898. The molecule has 3 heteroatoms. The van der Waals surface area contributed by atoms with Crippen molar-refractivity contribution in [2.75, 3.05) is 6.54 Å². The molecule has 18 heavy (non-hydrogen) atoms. The maximum Gasteiger partial charge on any atom is 0.130 e. The van der Waals surface area contributed by atoms with E-state index in [2.05, 4.69) is 42.9 Å². The Bertz CT molecular complexity index is 562. The van der Waals surface area contributed by atoms with E-state index < -0.39 is 0 Å². The molecule has 1 heterocycles. The number of hydrogen-bond donors (Lipinski definition) is 1. The maximum atomic E-state index is 5.54. The monoisotopic (exact) mass is 241 g/mol. The average Bonchev–Trinajstić information content (AvgIpc) is 2.37. The second-order valence-corrected chi connectivity index (χ2v) is 4.58. The average molecular weight is 241 g/mol. The molecule has 0 saturated heterocycles. The molecule has 0 atom stereocenters. The van der Waals surface area contributed by atoms with Crippen molar-refractivity contribution in [3.8, 4) is 11.3 Å². The molecule has 0 amide bonds. The molecular formula is C15H19N3. The minimum absolute atomic E-state index is 0.579. The van der Waals surface area contributed by atoms with Crippen molar-refractivity contribution >= 4 is 0 Å². The lowest BCUT2D eigenvalue weighted by Gasteiger charge is -2.11. The summed E-state index contributed by atoms with van der Waals surface area (Å²) in [5, 5.41) is 0. The summed E-state index contributed by atoms with van der Waals surface area (Å²) >= 11 is 0. The lowest BCUT2D eigenvalue weighted by molar-refractivity contribution is 0.869. The van der Waals surface area contributed by atoms with E-state index in [4.69, 9.17) is 5.73 Å². The lowest BCUT2D eigenvalue weighted by Crippen LogP contribution is -2.06. The van der Waals surface area contributed by atoms with Crippen LogP contribution in [0.15, 0.2) is 24.4 Å². The third-order valence-electron chi connectivity index (χ3n) is 3.41. The SMILES string of the molecule is Cc1ccc(-c2ccnc(CCN)n2)c(C)c1C. The van der Waals surface area contributed by atoms with Crippen molar-refractivity contribution in [2.24, 2.45) is 5.73 Å². The van der Waals surface area contributed by atoms with E-state index in [1.807, 2.05) is 12.3 Å². The van der Waals surface area contributed by atoms with Crippen molar-refractivity contribution < 1.29 is 0 Å². The van der Waals surface area contributed by atoms with Crippen LogP contribution in [-0.4, -0.2) is 16.5 Å². The molecule has 0 aliphatic heterocycles. The largest absolute Gasteiger partial charge is 0.330 e. The van der Waals surface area contributed by atoms with Gasteiger partial charge in [0, 0.05) is 18.2 Å². The van der Waals surface area contributed by atoms with E-state index in [9.17, 15) is 0 Å². The Labute approximate surface area is 108 Å². The molecule has 94 valence electrons. The van der Waals surface area contributed by atoms with Crippen LogP contribution in [0.1, 0.15) is 22.5 Å². The Hall–Kier alpha value is -1.74. The molecule has 1 aromatic heterocycles. The van der Waals surface area contributed by atoms with Gasteiger partial charge in [-0.15, -0.1) is 0 Å². The van der Waals surface area contributed by atoms with Gasteiger partial charge in [-0.05, 0) is 50.1 Å². The van der Waals surface area contributed by atoms with Gasteiger partial charge in [-0.2, -0.15) is 0 Å². The number of nitrogens with two attached hydrogens (primary N) is 1. The number of aryl methyl sites for hydroxylation is 1. The second-order valence-electron chi connectivity index (χ2n) is 4.58. The minimum atomic E-state index is 0.579. The zero-order valence-electron chi connectivity index (χ0n) is 11.2. The molecule has 0 fully saturated rings. The van der Waals surface area contributed by atoms with Gasteiger partial charge in [0.15, 0.2) is 0 Å². The van der Waals surface area contributed by atoms with E-state index in [1.54, 1.807) is 0 Å². The van der Waals surface area contributed by atoms with Crippen LogP contribution in [0.5, 0.6) is 0 Å². The normalized spacial score (nSPS) is 10.7. The zero-order chi connectivity index (χ0) is 13.1. The van der Waals surface area contributed by atoms with Gasteiger partial charge < -0.3 is 5.73 Å². The van der Waals surface area contributed by atoms with Gasteiger partial charge in [0.1, 0.15) is 5.82 Å². The van der Waals surface area contributed by atoms with Crippen LogP contribution >= 0.6 is 0 Å². The highest BCUT2D eigenvalue weighted by molar-refractivity contribution is 5.65. The fourth-order valence-electron chi connectivity index (χ4n) is 2.03. The van der Waals surface area contributed by atoms with Crippen molar-refractivity contribution in [3.63, 3.8) is 0 Å². The van der Waals surface area contributed by atoms with Crippen LogP contribution in [0.2, 0.25) is 0 Å². The number of nitrogens with zero attached hydrogens (tertiary/aromatic N) is 2.